The van der Waals surface area contributed by atoms with E-state index >= 15 is 0 Å². The van der Waals surface area contributed by atoms with E-state index in [0.29, 0.717) is 10.8 Å². The molecule has 136 valence electrons. The van der Waals surface area contributed by atoms with Crippen molar-refractivity contribution in [3.63, 3.8) is 0 Å². The minimum atomic E-state index is -3.49. The molecule has 8 heteroatoms. The monoisotopic (exact) mass is 372 g/mol. The Morgan fingerprint density at radius 3 is 2.42 bits per heavy atom. The van der Waals surface area contributed by atoms with E-state index < -0.39 is 10.0 Å². The van der Waals surface area contributed by atoms with Gasteiger partial charge in [-0.05, 0) is 43.3 Å². The van der Waals surface area contributed by atoms with Crippen LogP contribution >= 0.6 is 12.2 Å². The van der Waals surface area contributed by atoms with Crippen LogP contribution in [-0.2, 0) is 10.0 Å². The summed E-state index contributed by atoms with van der Waals surface area (Å²) >= 11 is 5.27. The minimum Gasteiger partial charge on any atom is -0.383 e. The molecule has 6 nitrogen and oxygen atoms in total. The Labute approximate surface area is 151 Å². The number of unbranched alkanes of at least 4 members (excludes halogenated alkanes) is 1. The summed E-state index contributed by atoms with van der Waals surface area (Å²) in [7, 11) is -0.458. The summed E-state index contributed by atoms with van der Waals surface area (Å²) in [5, 5.41) is 9.99. The van der Waals surface area contributed by atoms with Crippen molar-refractivity contribution in [2.45, 2.75) is 38.0 Å². The maximum atomic E-state index is 12.3. The van der Waals surface area contributed by atoms with Crippen molar-refractivity contribution in [1.82, 2.24) is 9.62 Å². The lowest BCUT2D eigenvalue weighted by atomic mass is 10.2. The molecule has 0 aromatic heterocycles. The second kappa shape index (κ2) is 9.80. The predicted octanol–water partition coefficient (Wildman–Crippen LogP) is 2.85. The van der Waals surface area contributed by atoms with Crippen molar-refractivity contribution in [3.05, 3.63) is 18.2 Å². The smallest absolute Gasteiger partial charge is 0.242 e. The molecule has 0 heterocycles. The highest BCUT2D eigenvalue weighted by molar-refractivity contribution is 7.89. The molecule has 0 spiro atoms. The van der Waals surface area contributed by atoms with Gasteiger partial charge in [-0.2, -0.15) is 0 Å². The average Bonchev–Trinajstić information content (AvgIpc) is 2.54. The number of hydrogen-bond donors (Lipinski definition) is 3. The third-order valence-electron chi connectivity index (χ3n) is 3.40. The molecule has 24 heavy (non-hydrogen) atoms. The van der Waals surface area contributed by atoms with Gasteiger partial charge in [0, 0.05) is 27.2 Å². The van der Waals surface area contributed by atoms with Crippen LogP contribution in [0.25, 0.3) is 0 Å². The second-order valence-electron chi connectivity index (χ2n) is 5.66. The van der Waals surface area contributed by atoms with Gasteiger partial charge in [-0.25, -0.2) is 12.7 Å². The zero-order valence-corrected chi connectivity index (χ0v) is 16.5. The summed E-state index contributed by atoms with van der Waals surface area (Å²) in [6.07, 6.45) is 3.08. The van der Waals surface area contributed by atoms with Gasteiger partial charge < -0.3 is 16.0 Å². The molecule has 0 fully saturated rings. The van der Waals surface area contributed by atoms with Crippen LogP contribution in [0.2, 0.25) is 0 Å². The van der Waals surface area contributed by atoms with Gasteiger partial charge in [0.15, 0.2) is 5.11 Å². The molecular weight excluding hydrogens is 344 g/mol. The zero-order chi connectivity index (χ0) is 18.2. The molecule has 0 aliphatic heterocycles. The fraction of sp³-hybridized carbons (Fsp3) is 0.562. The van der Waals surface area contributed by atoms with Crippen LogP contribution in [0.3, 0.4) is 0 Å². The van der Waals surface area contributed by atoms with Crippen LogP contribution < -0.4 is 16.0 Å². The van der Waals surface area contributed by atoms with E-state index in [4.69, 9.17) is 12.2 Å². The van der Waals surface area contributed by atoms with Crippen LogP contribution in [0.4, 0.5) is 11.4 Å². The summed E-state index contributed by atoms with van der Waals surface area (Å²) in [4.78, 5) is 0.231. The van der Waals surface area contributed by atoms with Crippen LogP contribution in [0.1, 0.15) is 33.1 Å². The van der Waals surface area contributed by atoms with Gasteiger partial charge in [0.2, 0.25) is 10.0 Å². The standard InChI is InChI=1S/C16H28N4O2S2/c1-5-7-11-17-14-9-8-13(24(21,22)20(3)4)12-15(14)19-16(23)18-10-6-2/h8-9,12,17H,5-7,10-11H2,1-4H3,(H2,18,19,23). The maximum Gasteiger partial charge on any atom is 0.242 e. The summed E-state index contributed by atoms with van der Waals surface area (Å²) in [6, 6.07) is 5.00. The first kappa shape index (κ1) is 20.7. The van der Waals surface area contributed by atoms with Crippen molar-refractivity contribution in [1.29, 1.82) is 0 Å². The highest BCUT2D eigenvalue weighted by Crippen LogP contribution is 2.27. The van der Waals surface area contributed by atoms with Crippen molar-refractivity contribution in [2.24, 2.45) is 0 Å². The fourth-order valence-electron chi connectivity index (χ4n) is 1.96. The fourth-order valence-corrected chi connectivity index (χ4v) is 3.10. The van der Waals surface area contributed by atoms with Crippen LogP contribution in [0.15, 0.2) is 23.1 Å². The van der Waals surface area contributed by atoms with Crippen molar-refractivity contribution < 1.29 is 8.42 Å². The number of sulfonamides is 1. The molecule has 0 saturated heterocycles. The molecule has 3 N–H and O–H groups in total. The topological polar surface area (TPSA) is 73.5 Å². The van der Waals surface area contributed by atoms with Crippen LogP contribution in [0.5, 0.6) is 0 Å². The van der Waals surface area contributed by atoms with Crippen LogP contribution in [-0.4, -0.2) is 45.0 Å². The molecule has 0 atom stereocenters. The van der Waals surface area contributed by atoms with Crippen LogP contribution in [0, 0.1) is 0 Å². The summed E-state index contributed by atoms with van der Waals surface area (Å²) in [6.45, 7) is 5.76. The van der Waals surface area contributed by atoms with Gasteiger partial charge in [0.25, 0.3) is 0 Å². The second-order valence-corrected chi connectivity index (χ2v) is 8.22. The molecule has 1 rings (SSSR count). The summed E-state index contributed by atoms with van der Waals surface area (Å²) in [5.74, 6) is 0. The molecule has 0 amide bonds. The highest BCUT2D eigenvalue weighted by Gasteiger charge is 2.19. The third kappa shape index (κ3) is 5.92. The molecule has 0 saturated carbocycles. The SMILES string of the molecule is CCCCNc1ccc(S(=O)(=O)N(C)C)cc1NC(=S)NCCC. The number of nitrogens with zero attached hydrogens (tertiary/aromatic N) is 1. The molecule has 0 bridgehead atoms. The van der Waals surface area contributed by atoms with E-state index in [2.05, 4.69) is 29.8 Å². The van der Waals surface area contributed by atoms with Gasteiger partial charge in [0.1, 0.15) is 0 Å². The lowest BCUT2D eigenvalue weighted by Crippen LogP contribution is -2.29. The number of benzene rings is 1. The van der Waals surface area contributed by atoms with Gasteiger partial charge in [-0.15, -0.1) is 0 Å². The van der Waals surface area contributed by atoms with E-state index in [1.54, 1.807) is 18.2 Å². The first-order valence-electron chi connectivity index (χ1n) is 8.18. The Morgan fingerprint density at radius 1 is 1.12 bits per heavy atom. The molecule has 0 radical (unpaired) electrons. The van der Waals surface area contributed by atoms with Gasteiger partial charge in [-0.1, -0.05) is 20.3 Å². The van der Waals surface area contributed by atoms with Gasteiger partial charge in [-0.3, -0.25) is 0 Å². The van der Waals surface area contributed by atoms with Crippen molar-refractivity contribution in [3.8, 4) is 0 Å². The predicted molar refractivity (Wildman–Crippen MR) is 105 cm³/mol. The first-order chi connectivity index (χ1) is 11.3. The largest absolute Gasteiger partial charge is 0.383 e. The number of nitrogens with one attached hydrogen (secondary N) is 3. The Kier molecular flexibility index (Phi) is 8.44. The summed E-state index contributed by atoms with van der Waals surface area (Å²) in [5.41, 5.74) is 1.49. The Hall–Kier alpha value is -1.38. The first-order valence-corrected chi connectivity index (χ1v) is 10.0. The van der Waals surface area contributed by atoms with Crippen molar-refractivity contribution >= 4 is 38.7 Å². The lowest BCUT2D eigenvalue weighted by molar-refractivity contribution is 0.521. The molecule has 0 aliphatic rings. The average molecular weight is 373 g/mol. The Morgan fingerprint density at radius 2 is 1.83 bits per heavy atom. The van der Waals surface area contributed by atoms with Gasteiger partial charge >= 0.3 is 0 Å². The maximum absolute atomic E-state index is 12.3. The Balaban J connectivity index is 3.09. The third-order valence-corrected chi connectivity index (χ3v) is 5.46. The number of rotatable bonds is 9. The lowest BCUT2D eigenvalue weighted by Gasteiger charge is -2.18. The van der Waals surface area contributed by atoms with E-state index in [1.807, 2.05) is 0 Å². The zero-order valence-electron chi connectivity index (χ0n) is 14.8. The molecule has 1 aromatic carbocycles. The number of thiocarbonyl (C=S) groups is 1. The number of anilines is 2. The van der Waals surface area contributed by atoms with Gasteiger partial charge in [0.05, 0.1) is 16.3 Å². The highest BCUT2D eigenvalue weighted by atomic mass is 32.2. The minimum absolute atomic E-state index is 0.231. The van der Waals surface area contributed by atoms with E-state index in [9.17, 15) is 8.42 Å². The Bertz CT molecular complexity index is 645. The molecule has 1 aromatic rings. The normalized spacial score (nSPS) is 11.4. The molecular formula is C16H28N4O2S2. The summed E-state index contributed by atoms with van der Waals surface area (Å²) < 4.78 is 25.9. The quantitative estimate of drug-likeness (QED) is 0.457. The van der Waals surface area contributed by atoms with E-state index in [-0.39, 0.29) is 4.90 Å². The molecule has 0 unspecified atom stereocenters. The number of hydrogen-bond acceptors (Lipinski definition) is 4. The van der Waals surface area contributed by atoms with E-state index in [1.165, 1.54) is 18.4 Å². The molecule has 0 aliphatic carbocycles. The van der Waals surface area contributed by atoms with Crippen molar-refractivity contribution in [2.75, 3.05) is 37.8 Å². The van der Waals surface area contributed by atoms with E-state index in [0.717, 1.165) is 38.0 Å².